The predicted octanol–water partition coefficient (Wildman–Crippen LogP) is 4.36. The first-order chi connectivity index (χ1) is 8.34. The fourth-order valence-electron chi connectivity index (χ4n) is 2.52. The first-order valence-electron chi connectivity index (χ1n) is 7.02. The van der Waals surface area contributed by atoms with Gasteiger partial charge in [-0.05, 0) is 48.4 Å². The smallest absolute Gasteiger partial charge is 0.163 e. The summed E-state index contributed by atoms with van der Waals surface area (Å²) in [6.45, 7) is 8.00. The number of benzene rings is 1. The molecule has 94 valence electrons. The number of hydrogen-bond acceptors (Lipinski definition) is 1. The van der Waals surface area contributed by atoms with Gasteiger partial charge in [0.15, 0.2) is 5.78 Å². The van der Waals surface area contributed by atoms with E-state index in [1.807, 2.05) is 27.7 Å². The van der Waals surface area contributed by atoms with E-state index in [1.165, 1.54) is 36.0 Å². The average Bonchev–Trinajstić information content (AvgIpc) is 2.99. The van der Waals surface area contributed by atoms with Gasteiger partial charge in [-0.3, -0.25) is 4.79 Å². The van der Waals surface area contributed by atoms with Crippen LogP contribution in [0.2, 0.25) is 0 Å². The van der Waals surface area contributed by atoms with E-state index in [1.54, 1.807) is 0 Å². The van der Waals surface area contributed by atoms with Crippen molar-refractivity contribution in [2.75, 3.05) is 0 Å². The maximum Gasteiger partial charge on any atom is 0.163 e. The van der Waals surface area contributed by atoms with E-state index in [0.717, 1.165) is 18.4 Å². The summed E-state index contributed by atoms with van der Waals surface area (Å²) >= 11 is 0. The SMILES string of the molecule is CC.CC.O=C1CCc2cc3c(cc21)CCC3. The van der Waals surface area contributed by atoms with Crippen LogP contribution in [0.3, 0.4) is 0 Å². The van der Waals surface area contributed by atoms with Crippen molar-refractivity contribution in [3.05, 3.63) is 34.4 Å². The fraction of sp³-hybridized carbons (Fsp3) is 0.562. The molecule has 1 aromatic rings. The maximum atomic E-state index is 11.5. The molecule has 0 unspecified atom stereocenters. The van der Waals surface area contributed by atoms with E-state index in [4.69, 9.17) is 0 Å². The molecule has 0 heterocycles. The molecule has 0 radical (unpaired) electrons. The van der Waals surface area contributed by atoms with Crippen molar-refractivity contribution in [1.29, 1.82) is 0 Å². The van der Waals surface area contributed by atoms with Gasteiger partial charge in [-0.25, -0.2) is 0 Å². The van der Waals surface area contributed by atoms with Gasteiger partial charge < -0.3 is 0 Å². The number of ketones is 1. The first kappa shape index (κ1) is 14.0. The molecule has 2 aliphatic rings. The Bertz CT molecular complexity index is 391. The fourth-order valence-corrected chi connectivity index (χ4v) is 2.52. The Hall–Kier alpha value is -1.11. The monoisotopic (exact) mass is 232 g/mol. The van der Waals surface area contributed by atoms with E-state index in [0.29, 0.717) is 5.78 Å². The third kappa shape index (κ3) is 2.77. The molecule has 0 atom stereocenters. The standard InChI is InChI=1S/C12H12O.2C2H6/c13-12-5-4-10-6-8-2-1-3-9(8)7-11(10)12;2*1-2/h6-7H,1-5H2;2*1-2H3. The van der Waals surface area contributed by atoms with Crippen molar-refractivity contribution in [2.45, 2.75) is 59.8 Å². The van der Waals surface area contributed by atoms with Crippen molar-refractivity contribution in [3.63, 3.8) is 0 Å². The quantitative estimate of drug-likeness (QED) is 0.649. The Morgan fingerprint density at radius 3 is 2.00 bits per heavy atom. The zero-order chi connectivity index (χ0) is 12.8. The highest BCUT2D eigenvalue weighted by atomic mass is 16.1. The van der Waals surface area contributed by atoms with Crippen LogP contribution >= 0.6 is 0 Å². The number of rotatable bonds is 0. The minimum absolute atomic E-state index is 0.352. The van der Waals surface area contributed by atoms with Crippen molar-refractivity contribution < 1.29 is 4.79 Å². The third-order valence-electron chi connectivity index (χ3n) is 3.24. The Morgan fingerprint density at radius 1 is 0.765 bits per heavy atom. The highest BCUT2D eigenvalue weighted by Crippen LogP contribution is 2.30. The molecule has 0 N–H and O–H groups in total. The van der Waals surface area contributed by atoms with Crippen LogP contribution in [0.5, 0.6) is 0 Å². The molecule has 0 saturated heterocycles. The summed E-state index contributed by atoms with van der Waals surface area (Å²) in [4.78, 5) is 11.5. The Balaban J connectivity index is 0.000000330. The summed E-state index contributed by atoms with van der Waals surface area (Å²) in [6, 6.07) is 4.41. The van der Waals surface area contributed by atoms with Crippen molar-refractivity contribution in [2.24, 2.45) is 0 Å². The normalized spacial score (nSPS) is 15.2. The average molecular weight is 232 g/mol. The van der Waals surface area contributed by atoms with Crippen LogP contribution in [0, 0.1) is 0 Å². The molecule has 0 fully saturated rings. The molecule has 0 aromatic heterocycles. The van der Waals surface area contributed by atoms with Gasteiger partial charge in [0, 0.05) is 12.0 Å². The summed E-state index contributed by atoms with van der Waals surface area (Å²) in [5.41, 5.74) is 5.23. The molecule has 0 bridgehead atoms. The number of Topliss-reactive ketones (excluding diaryl/α,β-unsaturated/α-hetero) is 1. The lowest BCUT2D eigenvalue weighted by atomic mass is 10.0. The summed E-state index contributed by atoms with van der Waals surface area (Å²) in [7, 11) is 0. The third-order valence-corrected chi connectivity index (χ3v) is 3.24. The summed E-state index contributed by atoms with van der Waals surface area (Å²) in [6.07, 6.45) is 5.37. The highest BCUT2D eigenvalue weighted by Gasteiger charge is 2.22. The summed E-state index contributed by atoms with van der Waals surface area (Å²) in [5, 5.41) is 0. The van der Waals surface area contributed by atoms with Gasteiger partial charge >= 0.3 is 0 Å². The number of hydrogen-bond donors (Lipinski definition) is 0. The largest absolute Gasteiger partial charge is 0.294 e. The maximum absolute atomic E-state index is 11.5. The molecular formula is C16H24O. The van der Waals surface area contributed by atoms with Crippen LogP contribution < -0.4 is 0 Å². The number of aryl methyl sites for hydroxylation is 3. The van der Waals surface area contributed by atoms with Crippen molar-refractivity contribution >= 4 is 5.78 Å². The molecule has 0 amide bonds. The molecule has 1 nitrogen and oxygen atoms in total. The van der Waals surface area contributed by atoms with Gasteiger partial charge in [0.25, 0.3) is 0 Å². The van der Waals surface area contributed by atoms with Gasteiger partial charge in [0.1, 0.15) is 0 Å². The highest BCUT2D eigenvalue weighted by molar-refractivity contribution is 6.00. The first-order valence-corrected chi connectivity index (χ1v) is 7.02. The molecule has 3 rings (SSSR count). The molecule has 1 heteroatoms. The van der Waals surface area contributed by atoms with Gasteiger partial charge in [-0.2, -0.15) is 0 Å². The van der Waals surface area contributed by atoms with Crippen LogP contribution in [-0.4, -0.2) is 5.78 Å². The van der Waals surface area contributed by atoms with Crippen LogP contribution in [-0.2, 0) is 19.3 Å². The minimum atomic E-state index is 0.352. The molecule has 0 saturated carbocycles. The van der Waals surface area contributed by atoms with Gasteiger partial charge in [0.05, 0.1) is 0 Å². The molecule has 2 aliphatic carbocycles. The Kier molecular flexibility index (Phi) is 5.40. The topological polar surface area (TPSA) is 17.1 Å². The Labute approximate surface area is 105 Å². The van der Waals surface area contributed by atoms with Crippen molar-refractivity contribution in [1.82, 2.24) is 0 Å². The zero-order valence-electron chi connectivity index (χ0n) is 11.6. The molecule has 0 aliphatic heterocycles. The van der Waals surface area contributed by atoms with Crippen LogP contribution in [0.15, 0.2) is 12.1 Å². The molecule has 17 heavy (non-hydrogen) atoms. The van der Waals surface area contributed by atoms with Crippen LogP contribution in [0.25, 0.3) is 0 Å². The Morgan fingerprint density at radius 2 is 1.35 bits per heavy atom. The molecule has 1 aromatic carbocycles. The second-order valence-corrected chi connectivity index (χ2v) is 4.05. The van der Waals surface area contributed by atoms with E-state index < -0.39 is 0 Å². The zero-order valence-corrected chi connectivity index (χ0v) is 11.6. The van der Waals surface area contributed by atoms with Gasteiger partial charge in [-0.15, -0.1) is 0 Å². The summed E-state index contributed by atoms with van der Waals surface area (Å²) in [5.74, 6) is 0.352. The van der Waals surface area contributed by atoms with E-state index in [-0.39, 0.29) is 0 Å². The lowest BCUT2D eigenvalue weighted by Gasteiger charge is -2.02. The second-order valence-electron chi connectivity index (χ2n) is 4.05. The molecular weight excluding hydrogens is 208 g/mol. The molecule has 0 spiro atoms. The summed E-state index contributed by atoms with van der Waals surface area (Å²) < 4.78 is 0. The lowest BCUT2D eigenvalue weighted by Crippen LogP contribution is -1.93. The van der Waals surface area contributed by atoms with Crippen LogP contribution in [0.4, 0.5) is 0 Å². The second kappa shape index (κ2) is 6.58. The number of carbonyl (C=O) groups excluding carboxylic acids is 1. The van der Waals surface area contributed by atoms with Gasteiger partial charge in [-0.1, -0.05) is 33.8 Å². The van der Waals surface area contributed by atoms with Crippen molar-refractivity contribution in [3.8, 4) is 0 Å². The lowest BCUT2D eigenvalue weighted by molar-refractivity contribution is 0.0994. The number of carbonyl (C=O) groups is 1. The van der Waals surface area contributed by atoms with Gasteiger partial charge in [0.2, 0.25) is 0 Å². The van der Waals surface area contributed by atoms with E-state index >= 15 is 0 Å². The van der Waals surface area contributed by atoms with E-state index in [2.05, 4.69) is 12.1 Å². The van der Waals surface area contributed by atoms with E-state index in [9.17, 15) is 4.79 Å². The van der Waals surface area contributed by atoms with Crippen LogP contribution in [0.1, 0.15) is 67.6 Å². The predicted molar refractivity (Wildman–Crippen MR) is 73.8 cm³/mol. The minimum Gasteiger partial charge on any atom is -0.294 e. The number of fused-ring (bicyclic) bond motifs is 2.